The molecule has 3 aliphatic heterocycles. The number of benzene rings is 1. The second-order valence-corrected chi connectivity index (χ2v) is 9.91. The number of nitrogens with one attached hydrogen (secondary N) is 1. The number of sulfonamides is 1. The molecule has 0 aromatic heterocycles. The molecule has 3 heterocycles. The van der Waals surface area contributed by atoms with Gasteiger partial charge >= 0.3 is 0 Å². The van der Waals surface area contributed by atoms with E-state index in [0.717, 1.165) is 19.1 Å². The maximum Gasteiger partial charge on any atom is 0.233 e. The molecule has 1 aromatic rings. The third-order valence-electron chi connectivity index (χ3n) is 6.29. The summed E-state index contributed by atoms with van der Waals surface area (Å²) in [7, 11) is -3.28. The second-order valence-electron chi connectivity index (χ2n) is 8.07. The normalized spacial score (nSPS) is 27.5. The molecule has 26 heavy (non-hydrogen) atoms. The van der Waals surface area contributed by atoms with Gasteiger partial charge in [-0.3, -0.25) is 9.62 Å². The summed E-state index contributed by atoms with van der Waals surface area (Å²) in [6.07, 6.45) is 8.92. The van der Waals surface area contributed by atoms with Crippen molar-refractivity contribution in [2.45, 2.75) is 57.0 Å². The summed E-state index contributed by atoms with van der Waals surface area (Å²) in [5.74, 6) is 0.173. The Kier molecular flexibility index (Phi) is 5.53. The Morgan fingerprint density at radius 3 is 2.42 bits per heavy atom. The zero-order valence-corrected chi connectivity index (χ0v) is 16.4. The Balaban J connectivity index is 1.35. The van der Waals surface area contributed by atoms with Crippen LogP contribution in [-0.2, 0) is 10.0 Å². The van der Waals surface area contributed by atoms with Gasteiger partial charge in [0.1, 0.15) is 0 Å². The average Bonchev–Trinajstić information content (AvgIpc) is 3.30. The monoisotopic (exact) mass is 377 g/mol. The third kappa shape index (κ3) is 4.24. The van der Waals surface area contributed by atoms with E-state index in [9.17, 15) is 8.42 Å². The van der Waals surface area contributed by atoms with E-state index >= 15 is 0 Å². The fourth-order valence-corrected chi connectivity index (χ4v) is 5.97. The Hall–Kier alpha value is -1.11. The molecule has 0 bridgehead atoms. The van der Waals surface area contributed by atoms with Gasteiger partial charge in [0.25, 0.3) is 0 Å². The molecular formula is C20H31N3O2S. The summed E-state index contributed by atoms with van der Waals surface area (Å²) >= 11 is 0. The van der Waals surface area contributed by atoms with Crippen molar-refractivity contribution >= 4 is 15.7 Å². The van der Waals surface area contributed by atoms with Crippen LogP contribution in [0.5, 0.6) is 0 Å². The van der Waals surface area contributed by atoms with Crippen LogP contribution >= 0.6 is 0 Å². The molecule has 144 valence electrons. The number of anilines is 1. The molecule has 1 aromatic carbocycles. The van der Waals surface area contributed by atoms with Crippen LogP contribution in [0.15, 0.2) is 24.3 Å². The lowest BCUT2D eigenvalue weighted by Gasteiger charge is -2.34. The van der Waals surface area contributed by atoms with Crippen molar-refractivity contribution < 1.29 is 8.42 Å². The van der Waals surface area contributed by atoms with Crippen molar-refractivity contribution in [1.29, 1.82) is 0 Å². The maximum absolute atomic E-state index is 12.3. The molecule has 3 saturated heterocycles. The molecule has 0 saturated carbocycles. The first-order valence-corrected chi connectivity index (χ1v) is 11.8. The molecule has 4 rings (SSSR count). The molecule has 0 radical (unpaired) electrons. The molecule has 0 spiro atoms. The summed E-state index contributed by atoms with van der Waals surface area (Å²) in [5.41, 5.74) is 2.01. The van der Waals surface area contributed by atoms with Crippen LogP contribution in [0.3, 0.4) is 0 Å². The van der Waals surface area contributed by atoms with Crippen LogP contribution in [-0.4, -0.2) is 56.2 Å². The minimum Gasteiger partial charge on any atom is -0.302 e. The van der Waals surface area contributed by atoms with E-state index in [1.54, 1.807) is 0 Å². The highest BCUT2D eigenvalue weighted by molar-refractivity contribution is 7.92. The SMILES string of the molecule is O=S(=O)(CCN1CCCC1)Nc1ccc([C@@H]2CC[C@H]3CCCCN32)cc1. The van der Waals surface area contributed by atoms with Gasteiger partial charge in [-0.1, -0.05) is 18.6 Å². The van der Waals surface area contributed by atoms with E-state index in [2.05, 4.69) is 26.7 Å². The summed E-state index contributed by atoms with van der Waals surface area (Å²) in [6.45, 7) is 3.90. The predicted octanol–water partition coefficient (Wildman–Crippen LogP) is 3.21. The van der Waals surface area contributed by atoms with Crippen molar-refractivity contribution in [3.63, 3.8) is 0 Å². The van der Waals surface area contributed by atoms with E-state index in [-0.39, 0.29) is 5.75 Å². The average molecular weight is 378 g/mol. The van der Waals surface area contributed by atoms with E-state index in [1.165, 1.54) is 57.1 Å². The van der Waals surface area contributed by atoms with Gasteiger partial charge < -0.3 is 4.90 Å². The summed E-state index contributed by atoms with van der Waals surface area (Å²) in [5, 5.41) is 0. The highest BCUT2D eigenvalue weighted by atomic mass is 32.2. The van der Waals surface area contributed by atoms with Crippen LogP contribution < -0.4 is 4.72 Å². The molecule has 2 atom stereocenters. The highest BCUT2D eigenvalue weighted by Gasteiger charge is 2.35. The van der Waals surface area contributed by atoms with Gasteiger partial charge in [-0.15, -0.1) is 0 Å². The van der Waals surface area contributed by atoms with Gasteiger partial charge in [-0.25, -0.2) is 8.42 Å². The van der Waals surface area contributed by atoms with Crippen LogP contribution in [0.1, 0.15) is 56.6 Å². The fourth-order valence-electron chi connectivity index (χ4n) is 4.88. The van der Waals surface area contributed by atoms with Crippen LogP contribution in [0, 0.1) is 0 Å². The summed E-state index contributed by atoms with van der Waals surface area (Å²) in [4.78, 5) is 4.90. The van der Waals surface area contributed by atoms with Crippen molar-refractivity contribution in [3.05, 3.63) is 29.8 Å². The number of nitrogens with zero attached hydrogens (tertiary/aromatic N) is 2. The van der Waals surface area contributed by atoms with Crippen LogP contribution in [0.4, 0.5) is 5.69 Å². The zero-order chi connectivity index (χ0) is 18.0. The van der Waals surface area contributed by atoms with Gasteiger partial charge in [0, 0.05) is 24.3 Å². The van der Waals surface area contributed by atoms with Crippen molar-refractivity contribution in [2.75, 3.05) is 36.7 Å². The van der Waals surface area contributed by atoms with E-state index in [1.807, 2.05) is 12.1 Å². The van der Waals surface area contributed by atoms with Crippen LogP contribution in [0.25, 0.3) is 0 Å². The van der Waals surface area contributed by atoms with Gasteiger partial charge in [-0.2, -0.15) is 0 Å². The Morgan fingerprint density at radius 2 is 1.65 bits per heavy atom. The Bertz CT molecular complexity index is 698. The Morgan fingerprint density at radius 1 is 0.923 bits per heavy atom. The van der Waals surface area contributed by atoms with Crippen molar-refractivity contribution in [2.24, 2.45) is 0 Å². The molecule has 1 N–H and O–H groups in total. The Labute approximate surface area is 157 Å². The topological polar surface area (TPSA) is 52.7 Å². The maximum atomic E-state index is 12.3. The number of rotatable bonds is 6. The number of fused-ring (bicyclic) bond motifs is 1. The molecule has 0 aliphatic carbocycles. The third-order valence-corrected chi connectivity index (χ3v) is 7.56. The molecule has 0 amide bonds. The van der Waals surface area contributed by atoms with Gasteiger partial charge in [0.2, 0.25) is 10.0 Å². The molecule has 6 heteroatoms. The van der Waals surface area contributed by atoms with Crippen molar-refractivity contribution in [1.82, 2.24) is 9.80 Å². The molecule has 0 unspecified atom stereocenters. The van der Waals surface area contributed by atoms with Gasteiger partial charge in [0.05, 0.1) is 5.75 Å². The summed E-state index contributed by atoms with van der Waals surface area (Å²) in [6, 6.07) is 9.36. The fraction of sp³-hybridized carbons (Fsp3) is 0.700. The van der Waals surface area contributed by atoms with Crippen molar-refractivity contribution in [3.8, 4) is 0 Å². The quantitative estimate of drug-likeness (QED) is 0.827. The molecule has 5 nitrogen and oxygen atoms in total. The lowest BCUT2D eigenvalue weighted by atomic mass is 10.0. The first-order valence-electron chi connectivity index (χ1n) is 10.2. The molecular weight excluding hydrogens is 346 g/mol. The minimum absolute atomic E-state index is 0.173. The first kappa shape index (κ1) is 18.3. The smallest absolute Gasteiger partial charge is 0.233 e. The predicted molar refractivity (Wildman–Crippen MR) is 106 cm³/mol. The van der Waals surface area contributed by atoms with Gasteiger partial charge in [-0.05, 0) is 75.9 Å². The van der Waals surface area contributed by atoms with E-state index in [4.69, 9.17) is 0 Å². The highest BCUT2D eigenvalue weighted by Crippen LogP contribution is 2.40. The van der Waals surface area contributed by atoms with Crippen LogP contribution in [0.2, 0.25) is 0 Å². The van der Waals surface area contributed by atoms with E-state index in [0.29, 0.717) is 18.3 Å². The first-order chi connectivity index (χ1) is 12.6. The van der Waals surface area contributed by atoms with Gasteiger partial charge in [0.15, 0.2) is 0 Å². The second kappa shape index (κ2) is 7.87. The lowest BCUT2D eigenvalue weighted by Crippen LogP contribution is -2.35. The number of likely N-dealkylation sites (tertiary alicyclic amines) is 1. The lowest BCUT2D eigenvalue weighted by molar-refractivity contribution is 0.150. The van der Waals surface area contributed by atoms with E-state index < -0.39 is 10.0 Å². The largest absolute Gasteiger partial charge is 0.302 e. The molecule has 3 fully saturated rings. The number of hydrogen-bond donors (Lipinski definition) is 1. The number of hydrogen-bond acceptors (Lipinski definition) is 4. The summed E-state index contributed by atoms with van der Waals surface area (Å²) < 4.78 is 27.4. The standard InChI is InChI=1S/C20H31N3O2S/c24-26(25,16-15-22-12-3-4-13-22)21-18-8-6-17(7-9-18)20-11-10-19-5-1-2-14-23(19)20/h6-9,19-21H,1-5,10-16H2/t19-,20+/m1/s1. The zero-order valence-electron chi connectivity index (χ0n) is 15.6. The number of piperidine rings is 1. The molecule has 3 aliphatic rings. The minimum atomic E-state index is -3.28.